The molecule has 1 aromatic carbocycles. The second-order valence-corrected chi connectivity index (χ2v) is 3.58. The summed E-state index contributed by atoms with van der Waals surface area (Å²) in [6.07, 6.45) is 4.55. The first-order valence-corrected chi connectivity index (χ1v) is 5.27. The van der Waals surface area contributed by atoms with Crippen LogP contribution in [0.2, 0.25) is 0 Å². The first-order valence-electron chi connectivity index (χ1n) is 4.74. The Balaban J connectivity index is 2.32. The smallest absolute Gasteiger partial charge is 0.0346 e. The fourth-order valence-electron chi connectivity index (χ4n) is 1.35. The highest BCUT2D eigenvalue weighted by molar-refractivity contribution is 6.17. The summed E-state index contributed by atoms with van der Waals surface area (Å²) in [7, 11) is 0. The van der Waals surface area contributed by atoms with Gasteiger partial charge in [0.05, 0.1) is 0 Å². The third-order valence-corrected chi connectivity index (χ3v) is 2.40. The second kappa shape index (κ2) is 5.87. The van der Waals surface area contributed by atoms with E-state index in [0.717, 1.165) is 24.4 Å². The molecular weight excluding hydrogens is 182 g/mol. The zero-order valence-corrected chi connectivity index (χ0v) is 8.56. The van der Waals surface area contributed by atoms with Gasteiger partial charge in [0.25, 0.3) is 0 Å². The fourth-order valence-corrected chi connectivity index (χ4v) is 1.54. The number of anilines is 1. The molecular formula is C11H16ClN. The molecule has 0 amide bonds. The molecule has 1 rings (SSSR count). The summed E-state index contributed by atoms with van der Waals surface area (Å²) in [6.45, 7) is 0. The van der Waals surface area contributed by atoms with E-state index in [-0.39, 0.29) is 0 Å². The van der Waals surface area contributed by atoms with Gasteiger partial charge in [-0.25, -0.2) is 0 Å². The molecule has 0 aliphatic rings. The van der Waals surface area contributed by atoms with Crippen molar-refractivity contribution < 1.29 is 0 Å². The Morgan fingerprint density at radius 1 is 1.08 bits per heavy atom. The van der Waals surface area contributed by atoms with Crippen LogP contribution in [0.5, 0.6) is 0 Å². The van der Waals surface area contributed by atoms with Crippen molar-refractivity contribution in [3.63, 3.8) is 0 Å². The highest BCUT2D eigenvalue weighted by Crippen LogP contribution is 2.14. The quantitative estimate of drug-likeness (QED) is 0.438. The summed E-state index contributed by atoms with van der Waals surface area (Å²) < 4.78 is 0. The molecule has 0 heterocycles. The van der Waals surface area contributed by atoms with Crippen molar-refractivity contribution in [1.82, 2.24) is 0 Å². The Hall–Kier alpha value is -0.690. The van der Waals surface area contributed by atoms with Crippen LogP contribution in [-0.4, -0.2) is 5.88 Å². The number of alkyl halides is 1. The van der Waals surface area contributed by atoms with E-state index in [1.54, 1.807) is 0 Å². The summed E-state index contributed by atoms with van der Waals surface area (Å²) in [5.41, 5.74) is 7.98. The number of hydrogen-bond donors (Lipinski definition) is 1. The van der Waals surface area contributed by atoms with Crippen molar-refractivity contribution in [2.45, 2.75) is 25.7 Å². The number of nitrogen functional groups attached to an aromatic ring is 1. The molecule has 0 aromatic heterocycles. The van der Waals surface area contributed by atoms with Crippen LogP contribution in [0, 0.1) is 0 Å². The number of halogens is 1. The van der Waals surface area contributed by atoms with Crippen LogP contribution in [0.1, 0.15) is 24.8 Å². The first kappa shape index (κ1) is 10.4. The lowest BCUT2D eigenvalue weighted by Crippen LogP contribution is -1.93. The lowest BCUT2D eigenvalue weighted by Gasteiger charge is -2.03. The lowest BCUT2D eigenvalue weighted by molar-refractivity contribution is 0.721. The molecule has 0 saturated heterocycles. The van der Waals surface area contributed by atoms with Crippen LogP contribution in [0.15, 0.2) is 24.3 Å². The van der Waals surface area contributed by atoms with E-state index >= 15 is 0 Å². The zero-order chi connectivity index (χ0) is 9.52. The molecule has 0 radical (unpaired) electrons. The molecule has 0 fully saturated rings. The monoisotopic (exact) mass is 197 g/mol. The summed E-state index contributed by atoms with van der Waals surface area (Å²) in [5, 5.41) is 0. The van der Waals surface area contributed by atoms with Gasteiger partial charge in [0, 0.05) is 11.6 Å². The molecule has 2 N–H and O–H groups in total. The molecule has 72 valence electrons. The molecule has 1 aromatic rings. The van der Waals surface area contributed by atoms with Gasteiger partial charge in [-0.05, 0) is 30.9 Å². The topological polar surface area (TPSA) is 26.0 Å². The Morgan fingerprint density at radius 2 is 1.85 bits per heavy atom. The maximum Gasteiger partial charge on any atom is 0.0346 e. The van der Waals surface area contributed by atoms with Crippen molar-refractivity contribution in [3.05, 3.63) is 29.8 Å². The van der Waals surface area contributed by atoms with E-state index in [1.807, 2.05) is 18.2 Å². The molecule has 2 heteroatoms. The van der Waals surface area contributed by atoms with Gasteiger partial charge in [0.2, 0.25) is 0 Å². The SMILES string of the molecule is Nc1ccccc1CCCCCCl. The number of nitrogens with two attached hydrogens (primary N) is 1. The normalized spacial score (nSPS) is 10.2. The summed E-state index contributed by atoms with van der Waals surface area (Å²) in [4.78, 5) is 0. The van der Waals surface area contributed by atoms with Gasteiger partial charge in [-0.15, -0.1) is 11.6 Å². The molecule has 13 heavy (non-hydrogen) atoms. The largest absolute Gasteiger partial charge is 0.399 e. The Kier molecular flexibility index (Phi) is 4.69. The van der Waals surface area contributed by atoms with Crippen molar-refractivity contribution in [2.75, 3.05) is 11.6 Å². The van der Waals surface area contributed by atoms with Crippen molar-refractivity contribution >= 4 is 17.3 Å². The van der Waals surface area contributed by atoms with Gasteiger partial charge in [-0.3, -0.25) is 0 Å². The fraction of sp³-hybridized carbons (Fsp3) is 0.455. The minimum absolute atomic E-state index is 0.768. The standard InChI is InChI=1S/C11H16ClN/c12-9-5-1-2-6-10-7-3-4-8-11(10)13/h3-4,7-8H,1-2,5-6,9,13H2. The maximum atomic E-state index is 5.81. The van der Waals surface area contributed by atoms with Crippen molar-refractivity contribution in [1.29, 1.82) is 0 Å². The summed E-state index contributed by atoms with van der Waals surface area (Å²) in [6, 6.07) is 8.05. The van der Waals surface area contributed by atoms with Crippen LogP contribution in [0.4, 0.5) is 5.69 Å². The highest BCUT2D eigenvalue weighted by atomic mass is 35.5. The average molecular weight is 198 g/mol. The van der Waals surface area contributed by atoms with E-state index < -0.39 is 0 Å². The molecule has 0 aliphatic heterocycles. The molecule has 0 spiro atoms. The molecule has 1 nitrogen and oxygen atoms in total. The minimum atomic E-state index is 0.768. The minimum Gasteiger partial charge on any atom is -0.399 e. The molecule has 0 saturated carbocycles. The Morgan fingerprint density at radius 3 is 2.54 bits per heavy atom. The second-order valence-electron chi connectivity index (χ2n) is 3.20. The van der Waals surface area contributed by atoms with E-state index in [4.69, 9.17) is 17.3 Å². The predicted octanol–water partition coefficient (Wildman–Crippen LogP) is 3.22. The average Bonchev–Trinajstić information content (AvgIpc) is 2.15. The molecule has 0 aliphatic carbocycles. The van der Waals surface area contributed by atoms with Crippen LogP contribution in [0.3, 0.4) is 0 Å². The number of para-hydroxylation sites is 1. The predicted molar refractivity (Wildman–Crippen MR) is 59.1 cm³/mol. The maximum absolute atomic E-state index is 5.81. The molecule has 0 atom stereocenters. The van der Waals surface area contributed by atoms with E-state index in [1.165, 1.54) is 18.4 Å². The first-order chi connectivity index (χ1) is 6.34. The Labute approximate surface area is 84.9 Å². The van der Waals surface area contributed by atoms with Gasteiger partial charge in [0.15, 0.2) is 0 Å². The highest BCUT2D eigenvalue weighted by Gasteiger charge is 1.96. The third kappa shape index (κ3) is 3.69. The van der Waals surface area contributed by atoms with Crippen LogP contribution >= 0.6 is 11.6 Å². The van der Waals surface area contributed by atoms with Crippen LogP contribution < -0.4 is 5.73 Å². The lowest BCUT2D eigenvalue weighted by atomic mass is 10.1. The zero-order valence-electron chi connectivity index (χ0n) is 7.80. The van der Waals surface area contributed by atoms with Crippen molar-refractivity contribution in [3.8, 4) is 0 Å². The van der Waals surface area contributed by atoms with Gasteiger partial charge in [-0.1, -0.05) is 24.6 Å². The van der Waals surface area contributed by atoms with Crippen molar-refractivity contribution in [2.24, 2.45) is 0 Å². The van der Waals surface area contributed by atoms with E-state index in [9.17, 15) is 0 Å². The van der Waals surface area contributed by atoms with Crippen LogP contribution in [0.25, 0.3) is 0 Å². The van der Waals surface area contributed by atoms with Gasteiger partial charge in [-0.2, -0.15) is 0 Å². The number of hydrogen-bond acceptors (Lipinski definition) is 1. The van der Waals surface area contributed by atoms with Gasteiger partial charge < -0.3 is 5.73 Å². The third-order valence-electron chi connectivity index (χ3n) is 2.13. The summed E-state index contributed by atoms with van der Waals surface area (Å²) in [5.74, 6) is 0.768. The molecule has 0 unspecified atom stereocenters. The van der Waals surface area contributed by atoms with Gasteiger partial charge in [0.1, 0.15) is 0 Å². The van der Waals surface area contributed by atoms with E-state index in [2.05, 4.69) is 6.07 Å². The van der Waals surface area contributed by atoms with Crippen LogP contribution in [-0.2, 0) is 6.42 Å². The van der Waals surface area contributed by atoms with E-state index in [0.29, 0.717) is 0 Å². The number of rotatable bonds is 5. The van der Waals surface area contributed by atoms with Gasteiger partial charge >= 0.3 is 0 Å². The summed E-state index contributed by atoms with van der Waals surface area (Å²) >= 11 is 5.59. The number of aryl methyl sites for hydroxylation is 1. The number of benzene rings is 1. The number of unbranched alkanes of at least 4 members (excludes halogenated alkanes) is 2. The molecule has 0 bridgehead atoms. The Bertz CT molecular complexity index is 248.